The Morgan fingerprint density at radius 1 is 1.07 bits per heavy atom. The average molecular weight is 208 g/mol. The van der Waals surface area contributed by atoms with Gasteiger partial charge in [0.05, 0.1) is 13.2 Å². The van der Waals surface area contributed by atoms with Gasteiger partial charge in [0.1, 0.15) is 0 Å². The van der Waals surface area contributed by atoms with E-state index in [0.717, 1.165) is 13.2 Å². The minimum atomic E-state index is 0.105. The maximum Gasteiger partial charge on any atom is 0.0528 e. The van der Waals surface area contributed by atoms with Crippen molar-refractivity contribution >= 4 is 0 Å². The van der Waals surface area contributed by atoms with Crippen LogP contribution in [0.1, 0.15) is 41.5 Å². The first-order valence-corrected chi connectivity index (χ1v) is 5.80. The summed E-state index contributed by atoms with van der Waals surface area (Å²) < 4.78 is 5.28. The fourth-order valence-corrected chi connectivity index (χ4v) is 1.78. The predicted octanol–water partition coefficient (Wildman–Crippen LogP) is 3.34. The maximum atomic E-state index is 5.28. The quantitative estimate of drug-likeness (QED) is 0.600. The third-order valence-electron chi connectivity index (χ3n) is 2.67. The van der Waals surface area contributed by atoms with Gasteiger partial charge in [-0.2, -0.15) is 0 Å². The zero-order valence-electron chi connectivity index (χ0n) is 11.0. The Kier molecular flexibility index (Phi) is 3.51. The largest absolute Gasteiger partial charge is 0.381 e. The smallest absolute Gasteiger partial charge is 0.0528 e. The summed E-state index contributed by atoms with van der Waals surface area (Å²) in [6, 6.07) is 0. The Morgan fingerprint density at radius 2 is 1.60 bits per heavy atom. The van der Waals surface area contributed by atoms with Crippen LogP contribution in [0, 0.1) is 34.5 Å². The van der Waals surface area contributed by atoms with Crippen molar-refractivity contribution in [1.82, 2.24) is 0 Å². The number of hydrogen-bond donors (Lipinski definition) is 0. The van der Waals surface area contributed by atoms with Gasteiger partial charge in [-0.1, -0.05) is 32.6 Å². The van der Waals surface area contributed by atoms with Crippen molar-refractivity contribution in [1.29, 1.82) is 0 Å². The normalized spacial score (nSPS) is 20.1. The van der Waals surface area contributed by atoms with Gasteiger partial charge < -0.3 is 4.74 Å². The van der Waals surface area contributed by atoms with Crippen molar-refractivity contribution in [2.45, 2.75) is 41.5 Å². The molecule has 0 unspecified atom stereocenters. The minimum absolute atomic E-state index is 0.105. The van der Waals surface area contributed by atoms with Crippen LogP contribution in [-0.4, -0.2) is 13.2 Å². The zero-order chi connectivity index (χ0) is 11.7. The van der Waals surface area contributed by atoms with Crippen LogP contribution in [0.25, 0.3) is 0 Å². The Morgan fingerprint density at radius 3 is 1.87 bits per heavy atom. The Hall–Kier alpha value is -0.480. The molecule has 15 heavy (non-hydrogen) atoms. The molecule has 1 rings (SSSR count). The van der Waals surface area contributed by atoms with Crippen LogP contribution in [0.5, 0.6) is 0 Å². The van der Waals surface area contributed by atoms with Crippen LogP contribution in [-0.2, 0) is 4.74 Å². The van der Waals surface area contributed by atoms with Gasteiger partial charge in [-0.25, -0.2) is 0 Å². The van der Waals surface area contributed by atoms with E-state index >= 15 is 0 Å². The lowest BCUT2D eigenvalue weighted by Gasteiger charge is -2.38. The first-order valence-electron chi connectivity index (χ1n) is 5.80. The number of rotatable bonds is 1. The monoisotopic (exact) mass is 208 g/mol. The van der Waals surface area contributed by atoms with Gasteiger partial charge in [0.25, 0.3) is 0 Å². The highest BCUT2D eigenvalue weighted by Gasteiger charge is 2.35. The molecule has 0 saturated carbocycles. The van der Waals surface area contributed by atoms with E-state index in [1.54, 1.807) is 0 Å². The molecule has 0 N–H and O–H groups in total. The van der Waals surface area contributed by atoms with E-state index < -0.39 is 0 Å². The molecule has 1 nitrogen and oxygen atoms in total. The fourth-order valence-electron chi connectivity index (χ4n) is 1.78. The van der Waals surface area contributed by atoms with Crippen LogP contribution in [0.4, 0.5) is 0 Å². The molecule has 0 amide bonds. The van der Waals surface area contributed by atoms with E-state index in [-0.39, 0.29) is 10.8 Å². The predicted molar refractivity (Wildman–Crippen MR) is 64.5 cm³/mol. The highest BCUT2D eigenvalue weighted by atomic mass is 16.5. The van der Waals surface area contributed by atoms with Crippen LogP contribution < -0.4 is 0 Å². The fraction of sp³-hybridized carbons (Fsp3) is 0.857. The molecule has 0 aliphatic carbocycles. The van der Waals surface area contributed by atoms with Gasteiger partial charge >= 0.3 is 0 Å². The second kappa shape index (κ2) is 4.18. The summed E-state index contributed by atoms with van der Waals surface area (Å²) in [4.78, 5) is 0. The van der Waals surface area contributed by atoms with E-state index in [1.165, 1.54) is 0 Å². The van der Waals surface area contributed by atoms with Crippen LogP contribution >= 0.6 is 0 Å². The molecule has 0 spiro atoms. The molecule has 0 bridgehead atoms. The molecule has 1 fully saturated rings. The SMILES string of the molecule is CC(C)(C)C#C[C@@H](C1COC1)C(C)(C)C. The third-order valence-corrected chi connectivity index (χ3v) is 2.67. The lowest BCUT2D eigenvalue weighted by atomic mass is 9.72. The Bertz CT molecular complexity index is 262. The van der Waals surface area contributed by atoms with Crippen LogP contribution in [0.2, 0.25) is 0 Å². The second-order valence-corrected chi connectivity index (χ2v) is 6.66. The molecule has 1 aliphatic rings. The van der Waals surface area contributed by atoms with E-state index in [0.29, 0.717) is 11.8 Å². The summed E-state index contributed by atoms with van der Waals surface area (Å²) >= 11 is 0. The highest BCUT2D eigenvalue weighted by molar-refractivity contribution is 5.14. The molecule has 0 aromatic rings. The van der Waals surface area contributed by atoms with Crippen LogP contribution in [0.3, 0.4) is 0 Å². The number of hydrogen-bond acceptors (Lipinski definition) is 1. The summed E-state index contributed by atoms with van der Waals surface area (Å²) in [5.41, 5.74) is 0.362. The molecule has 1 saturated heterocycles. The first-order chi connectivity index (χ1) is 6.70. The molecular formula is C14H24O. The Labute approximate surface area is 94.6 Å². The van der Waals surface area contributed by atoms with Crippen molar-refractivity contribution in [2.75, 3.05) is 13.2 Å². The van der Waals surface area contributed by atoms with Crippen molar-refractivity contribution < 1.29 is 4.74 Å². The highest BCUT2D eigenvalue weighted by Crippen LogP contribution is 2.35. The number of ether oxygens (including phenoxy) is 1. The standard InChI is InChI=1S/C14H24O/c1-13(2,3)8-7-12(14(4,5)6)11-9-15-10-11/h11-12H,9-10H2,1-6H3/t12-/m0/s1. The molecule has 0 aromatic carbocycles. The van der Waals surface area contributed by atoms with Crippen LogP contribution in [0.15, 0.2) is 0 Å². The molecular weight excluding hydrogens is 184 g/mol. The molecule has 0 radical (unpaired) electrons. The van der Waals surface area contributed by atoms with E-state index in [9.17, 15) is 0 Å². The van der Waals surface area contributed by atoms with Gasteiger partial charge in [0.2, 0.25) is 0 Å². The summed E-state index contributed by atoms with van der Waals surface area (Å²) in [5.74, 6) is 7.95. The topological polar surface area (TPSA) is 9.23 Å². The van der Waals surface area contributed by atoms with Gasteiger partial charge in [0, 0.05) is 17.3 Å². The van der Waals surface area contributed by atoms with Crippen molar-refractivity contribution in [2.24, 2.45) is 22.7 Å². The van der Waals surface area contributed by atoms with E-state index in [2.05, 4.69) is 53.4 Å². The zero-order valence-corrected chi connectivity index (χ0v) is 11.0. The lowest BCUT2D eigenvalue weighted by Crippen LogP contribution is -2.39. The second-order valence-electron chi connectivity index (χ2n) is 6.66. The lowest BCUT2D eigenvalue weighted by molar-refractivity contribution is -0.0686. The summed E-state index contributed by atoms with van der Waals surface area (Å²) in [5, 5.41) is 0. The summed E-state index contributed by atoms with van der Waals surface area (Å²) in [6.45, 7) is 15.1. The molecule has 1 atom stereocenters. The van der Waals surface area contributed by atoms with Crippen molar-refractivity contribution in [3.63, 3.8) is 0 Å². The third kappa shape index (κ3) is 3.87. The average Bonchev–Trinajstić information content (AvgIpc) is 1.88. The molecule has 1 aliphatic heterocycles. The summed E-state index contributed by atoms with van der Waals surface area (Å²) in [6.07, 6.45) is 0. The van der Waals surface area contributed by atoms with Gasteiger partial charge in [-0.05, 0) is 26.2 Å². The van der Waals surface area contributed by atoms with E-state index in [4.69, 9.17) is 4.74 Å². The Balaban J connectivity index is 2.76. The molecule has 1 heterocycles. The van der Waals surface area contributed by atoms with Crippen molar-refractivity contribution in [3.8, 4) is 11.8 Å². The molecule has 0 aromatic heterocycles. The first kappa shape index (κ1) is 12.6. The summed E-state index contributed by atoms with van der Waals surface area (Å²) in [7, 11) is 0. The van der Waals surface area contributed by atoms with Gasteiger partial charge in [-0.15, -0.1) is 0 Å². The molecule has 86 valence electrons. The minimum Gasteiger partial charge on any atom is -0.381 e. The van der Waals surface area contributed by atoms with Gasteiger partial charge in [0.15, 0.2) is 0 Å². The van der Waals surface area contributed by atoms with Gasteiger partial charge in [-0.3, -0.25) is 0 Å². The van der Waals surface area contributed by atoms with E-state index in [1.807, 2.05) is 0 Å². The molecule has 1 heteroatoms. The maximum absolute atomic E-state index is 5.28. The van der Waals surface area contributed by atoms with Crippen molar-refractivity contribution in [3.05, 3.63) is 0 Å².